The fraction of sp³-hybridized carbons (Fsp3) is 0.467. The van der Waals surface area contributed by atoms with Crippen LogP contribution in [0.5, 0.6) is 11.5 Å². The Kier molecular flexibility index (Phi) is 3.58. The molecule has 0 atom stereocenters. The molecule has 1 aromatic heterocycles. The Bertz CT molecular complexity index is 589. The van der Waals surface area contributed by atoms with Crippen molar-refractivity contribution in [2.24, 2.45) is 0 Å². The third-order valence-corrected chi connectivity index (χ3v) is 3.84. The minimum Gasteiger partial charge on any atom is -0.504 e. The second-order valence-electron chi connectivity index (χ2n) is 5.18. The van der Waals surface area contributed by atoms with E-state index in [1.165, 1.54) is 26.4 Å². The van der Waals surface area contributed by atoms with E-state index in [2.05, 4.69) is 10.1 Å². The van der Waals surface area contributed by atoms with Crippen LogP contribution in [0, 0.1) is 0 Å². The number of hydrogen-bond donors (Lipinski definition) is 1. The lowest BCUT2D eigenvalue weighted by atomic mass is 9.89. The third kappa shape index (κ3) is 2.48. The lowest BCUT2D eigenvalue weighted by Gasteiger charge is -2.17. The molecule has 1 fully saturated rings. The monoisotopic (exact) mass is 274 g/mol. The van der Waals surface area contributed by atoms with Crippen LogP contribution in [0.15, 0.2) is 22.7 Å². The molecule has 1 aliphatic carbocycles. The molecular weight excluding hydrogens is 256 g/mol. The summed E-state index contributed by atoms with van der Waals surface area (Å²) in [4.78, 5) is 4.47. The Balaban J connectivity index is 1.84. The SMILES string of the molecule is COc1ccc(-c2nc(C3CCCCC3)no2)cc1O. The van der Waals surface area contributed by atoms with E-state index in [0.29, 0.717) is 23.1 Å². The van der Waals surface area contributed by atoms with E-state index in [0.717, 1.165) is 18.7 Å². The summed E-state index contributed by atoms with van der Waals surface area (Å²) in [6.45, 7) is 0. The average Bonchev–Trinajstić information content (AvgIpc) is 2.98. The summed E-state index contributed by atoms with van der Waals surface area (Å²) in [7, 11) is 1.52. The molecule has 1 aromatic carbocycles. The van der Waals surface area contributed by atoms with Gasteiger partial charge in [0.2, 0.25) is 0 Å². The maximum absolute atomic E-state index is 9.79. The van der Waals surface area contributed by atoms with Crippen LogP contribution in [0.4, 0.5) is 0 Å². The number of aromatic hydroxyl groups is 1. The molecule has 5 nitrogen and oxygen atoms in total. The van der Waals surface area contributed by atoms with Crippen molar-refractivity contribution in [2.75, 3.05) is 7.11 Å². The van der Waals surface area contributed by atoms with Crippen molar-refractivity contribution in [1.82, 2.24) is 10.1 Å². The highest BCUT2D eigenvalue weighted by molar-refractivity contribution is 5.59. The van der Waals surface area contributed by atoms with Gasteiger partial charge in [0.1, 0.15) is 0 Å². The molecule has 0 bridgehead atoms. The number of aromatic nitrogens is 2. The minimum atomic E-state index is 0.0717. The molecule has 3 rings (SSSR count). The fourth-order valence-electron chi connectivity index (χ4n) is 2.70. The molecule has 0 aliphatic heterocycles. The van der Waals surface area contributed by atoms with Crippen LogP contribution in [0.2, 0.25) is 0 Å². The number of methoxy groups -OCH3 is 1. The molecule has 1 N–H and O–H groups in total. The quantitative estimate of drug-likeness (QED) is 0.927. The Morgan fingerprint density at radius 2 is 2.05 bits per heavy atom. The summed E-state index contributed by atoms with van der Waals surface area (Å²) < 4.78 is 10.3. The van der Waals surface area contributed by atoms with Crippen LogP contribution in [-0.4, -0.2) is 22.4 Å². The number of ether oxygens (including phenoxy) is 1. The molecule has 2 aromatic rings. The molecule has 1 aliphatic rings. The van der Waals surface area contributed by atoms with Crippen molar-refractivity contribution < 1.29 is 14.4 Å². The number of nitrogens with zero attached hydrogens (tertiary/aromatic N) is 2. The third-order valence-electron chi connectivity index (χ3n) is 3.84. The zero-order valence-corrected chi connectivity index (χ0v) is 11.5. The Labute approximate surface area is 117 Å². The zero-order valence-electron chi connectivity index (χ0n) is 11.5. The van der Waals surface area contributed by atoms with Crippen LogP contribution in [0.25, 0.3) is 11.5 Å². The van der Waals surface area contributed by atoms with Crippen LogP contribution >= 0.6 is 0 Å². The first-order valence-electron chi connectivity index (χ1n) is 6.99. The summed E-state index contributed by atoms with van der Waals surface area (Å²) >= 11 is 0. The van der Waals surface area contributed by atoms with Crippen LogP contribution in [-0.2, 0) is 0 Å². The fourth-order valence-corrected chi connectivity index (χ4v) is 2.70. The normalized spacial score (nSPS) is 16.2. The van der Waals surface area contributed by atoms with E-state index in [4.69, 9.17) is 9.26 Å². The molecular formula is C15H18N2O3. The number of hydrogen-bond acceptors (Lipinski definition) is 5. The van der Waals surface area contributed by atoms with Crippen molar-refractivity contribution in [3.8, 4) is 23.0 Å². The van der Waals surface area contributed by atoms with E-state index in [1.807, 2.05) is 0 Å². The van der Waals surface area contributed by atoms with Crippen LogP contribution in [0.1, 0.15) is 43.8 Å². The summed E-state index contributed by atoms with van der Waals surface area (Å²) in [5.41, 5.74) is 0.706. The maximum atomic E-state index is 9.79. The summed E-state index contributed by atoms with van der Waals surface area (Å²) in [5.74, 6) is 2.15. The van der Waals surface area contributed by atoms with E-state index in [9.17, 15) is 5.11 Å². The number of rotatable bonds is 3. The smallest absolute Gasteiger partial charge is 0.258 e. The van der Waals surface area contributed by atoms with Crippen LogP contribution in [0.3, 0.4) is 0 Å². The summed E-state index contributed by atoms with van der Waals surface area (Å²) in [6, 6.07) is 5.07. The number of phenols is 1. The van der Waals surface area contributed by atoms with Gasteiger partial charge in [-0.05, 0) is 31.0 Å². The number of phenolic OH excluding ortho intramolecular Hbond substituents is 1. The van der Waals surface area contributed by atoms with E-state index >= 15 is 0 Å². The van der Waals surface area contributed by atoms with E-state index in [-0.39, 0.29) is 5.75 Å². The van der Waals surface area contributed by atoms with Gasteiger partial charge < -0.3 is 14.4 Å². The lowest BCUT2D eigenvalue weighted by Crippen LogP contribution is -2.06. The first kappa shape index (κ1) is 13.0. The largest absolute Gasteiger partial charge is 0.504 e. The van der Waals surface area contributed by atoms with Gasteiger partial charge in [-0.1, -0.05) is 24.4 Å². The molecule has 0 unspecified atom stereocenters. The van der Waals surface area contributed by atoms with E-state index < -0.39 is 0 Å². The highest BCUT2D eigenvalue weighted by atomic mass is 16.5. The van der Waals surface area contributed by atoms with Gasteiger partial charge in [0.15, 0.2) is 17.3 Å². The van der Waals surface area contributed by atoms with Crippen molar-refractivity contribution in [3.05, 3.63) is 24.0 Å². The molecule has 0 spiro atoms. The van der Waals surface area contributed by atoms with Crippen molar-refractivity contribution in [3.63, 3.8) is 0 Å². The average molecular weight is 274 g/mol. The molecule has 1 saturated carbocycles. The molecule has 20 heavy (non-hydrogen) atoms. The standard InChI is InChI=1S/C15H18N2O3/c1-19-13-8-7-11(9-12(13)18)15-16-14(17-20-15)10-5-3-2-4-6-10/h7-10,18H,2-6H2,1H3. The molecule has 106 valence electrons. The highest BCUT2D eigenvalue weighted by Gasteiger charge is 2.21. The lowest BCUT2D eigenvalue weighted by molar-refractivity contribution is 0.372. The predicted octanol–water partition coefficient (Wildman–Crippen LogP) is 3.50. The topological polar surface area (TPSA) is 68.4 Å². The molecule has 0 radical (unpaired) electrons. The Hall–Kier alpha value is -2.04. The number of benzene rings is 1. The summed E-state index contributed by atoms with van der Waals surface area (Å²) in [5, 5.41) is 13.9. The van der Waals surface area contributed by atoms with E-state index in [1.54, 1.807) is 18.2 Å². The van der Waals surface area contributed by atoms with Crippen molar-refractivity contribution in [2.45, 2.75) is 38.0 Å². The molecule has 1 heterocycles. The van der Waals surface area contributed by atoms with Crippen LogP contribution < -0.4 is 4.74 Å². The van der Waals surface area contributed by atoms with Gasteiger partial charge in [-0.2, -0.15) is 4.98 Å². The maximum Gasteiger partial charge on any atom is 0.258 e. The predicted molar refractivity (Wildman–Crippen MR) is 73.8 cm³/mol. The summed E-state index contributed by atoms with van der Waals surface area (Å²) in [6.07, 6.45) is 6.03. The molecule has 0 saturated heterocycles. The minimum absolute atomic E-state index is 0.0717. The van der Waals surface area contributed by atoms with Crippen molar-refractivity contribution in [1.29, 1.82) is 0 Å². The Morgan fingerprint density at radius 3 is 2.75 bits per heavy atom. The van der Waals surface area contributed by atoms with Gasteiger partial charge in [0.25, 0.3) is 5.89 Å². The zero-order chi connectivity index (χ0) is 13.9. The van der Waals surface area contributed by atoms with Gasteiger partial charge >= 0.3 is 0 Å². The van der Waals surface area contributed by atoms with Gasteiger partial charge in [-0.3, -0.25) is 0 Å². The Morgan fingerprint density at radius 1 is 1.25 bits per heavy atom. The van der Waals surface area contributed by atoms with Gasteiger partial charge in [0, 0.05) is 11.5 Å². The van der Waals surface area contributed by atoms with Gasteiger partial charge in [0.05, 0.1) is 7.11 Å². The first-order valence-corrected chi connectivity index (χ1v) is 6.99. The molecule has 5 heteroatoms. The second kappa shape index (κ2) is 5.53. The highest BCUT2D eigenvalue weighted by Crippen LogP contribution is 2.34. The molecule has 0 amide bonds. The van der Waals surface area contributed by atoms with Crippen molar-refractivity contribution >= 4 is 0 Å². The second-order valence-corrected chi connectivity index (χ2v) is 5.18. The van der Waals surface area contributed by atoms with Gasteiger partial charge in [-0.25, -0.2) is 0 Å². The first-order chi connectivity index (χ1) is 9.78. The van der Waals surface area contributed by atoms with Gasteiger partial charge in [-0.15, -0.1) is 0 Å².